The monoisotopic (exact) mass is 287 g/mol. The smallest absolute Gasteiger partial charge is 0.374 e. The second-order valence-electron chi connectivity index (χ2n) is 5.03. The van der Waals surface area contributed by atoms with Crippen LogP contribution in [-0.2, 0) is 10.9 Å². The van der Waals surface area contributed by atoms with Crippen molar-refractivity contribution in [2.75, 3.05) is 18.1 Å². The molecule has 0 saturated carbocycles. The first kappa shape index (κ1) is 15.2. The average Bonchev–Trinajstić information content (AvgIpc) is 2.45. The Balaban J connectivity index is 2.21. The third kappa shape index (κ3) is 3.08. The van der Waals surface area contributed by atoms with Crippen molar-refractivity contribution in [3.05, 3.63) is 29.8 Å². The van der Waals surface area contributed by atoms with Crippen LogP contribution in [0, 0.1) is 0 Å². The molecule has 0 spiro atoms. The van der Waals surface area contributed by atoms with Crippen LogP contribution in [-0.4, -0.2) is 25.3 Å². The molecule has 0 radical (unpaired) electrons. The summed E-state index contributed by atoms with van der Waals surface area (Å²) in [7, 11) is 0. The van der Waals surface area contributed by atoms with Gasteiger partial charge in [-0.25, -0.2) is 0 Å². The predicted molar refractivity (Wildman–Crippen MR) is 72.9 cm³/mol. The average molecular weight is 287 g/mol. The van der Waals surface area contributed by atoms with Crippen LogP contribution < -0.4 is 4.90 Å². The molecule has 0 bridgehead atoms. The molecule has 2 rings (SSSR count). The van der Waals surface area contributed by atoms with E-state index in [-0.39, 0.29) is 12.1 Å². The van der Waals surface area contributed by atoms with E-state index < -0.39 is 11.7 Å². The van der Waals surface area contributed by atoms with Gasteiger partial charge < -0.3 is 9.64 Å². The number of anilines is 1. The minimum atomic E-state index is -4.28. The van der Waals surface area contributed by atoms with Gasteiger partial charge >= 0.3 is 6.18 Å². The van der Waals surface area contributed by atoms with Gasteiger partial charge in [0.2, 0.25) is 0 Å². The number of alkyl halides is 3. The van der Waals surface area contributed by atoms with E-state index in [2.05, 4.69) is 18.7 Å². The zero-order valence-electron chi connectivity index (χ0n) is 11.8. The van der Waals surface area contributed by atoms with Crippen molar-refractivity contribution in [2.24, 2.45) is 0 Å². The van der Waals surface area contributed by atoms with E-state index in [9.17, 15) is 13.2 Å². The van der Waals surface area contributed by atoms with Crippen LogP contribution >= 0.6 is 0 Å². The summed E-state index contributed by atoms with van der Waals surface area (Å²) < 4.78 is 43.5. The van der Waals surface area contributed by atoms with E-state index in [1.54, 1.807) is 12.1 Å². The number of benzene rings is 1. The number of rotatable bonds is 3. The van der Waals surface area contributed by atoms with Gasteiger partial charge in [0.05, 0.1) is 24.3 Å². The molecular formula is C15H20F3NO. The Labute approximate surface area is 117 Å². The number of ether oxygens (including phenoxy) is 1. The van der Waals surface area contributed by atoms with Gasteiger partial charge in [0.1, 0.15) is 0 Å². The quantitative estimate of drug-likeness (QED) is 0.830. The summed E-state index contributed by atoms with van der Waals surface area (Å²) in [6.07, 6.45) is -2.30. The topological polar surface area (TPSA) is 12.5 Å². The third-order valence-electron chi connectivity index (χ3n) is 3.84. The summed E-state index contributed by atoms with van der Waals surface area (Å²) in [5, 5.41) is 0. The fourth-order valence-electron chi connectivity index (χ4n) is 2.82. The van der Waals surface area contributed by atoms with Crippen LogP contribution in [0.2, 0.25) is 0 Å². The van der Waals surface area contributed by atoms with Gasteiger partial charge in [0.15, 0.2) is 0 Å². The molecule has 1 fully saturated rings. The van der Waals surface area contributed by atoms with Gasteiger partial charge in [0.25, 0.3) is 0 Å². The molecule has 0 N–H and O–H groups in total. The molecule has 0 aliphatic carbocycles. The van der Waals surface area contributed by atoms with E-state index in [1.165, 1.54) is 0 Å². The zero-order chi connectivity index (χ0) is 14.8. The highest BCUT2D eigenvalue weighted by Gasteiger charge is 2.32. The van der Waals surface area contributed by atoms with E-state index in [1.807, 2.05) is 0 Å². The van der Waals surface area contributed by atoms with Crippen molar-refractivity contribution in [1.29, 1.82) is 0 Å². The Morgan fingerprint density at radius 3 is 2.30 bits per heavy atom. The number of morpholine rings is 1. The Morgan fingerprint density at radius 2 is 1.80 bits per heavy atom. The Hall–Kier alpha value is -1.23. The van der Waals surface area contributed by atoms with Crippen LogP contribution in [0.5, 0.6) is 0 Å². The maximum atomic E-state index is 12.6. The Kier molecular flexibility index (Phi) is 4.58. The van der Waals surface area contributed by atoms with Crippen LogP contribution in [0.25, 0.3) is 0 Å². The normalized spacial score (nSPS) is 23.9. The van der Waals surface area contributed by atoms with E-state index in [0.29, 0.717) is 6.61 Å². The van der Waals surface area contributed by atoms with E-state index in [0.717, 1.165) is 37.2 Å². The molecule has 2 atom stereocenters. The number of halogens is 3. The lowest BCUT2D eigenvalue weighted by molar-refractivity contribution is -0.137. The second-order valence-corrected chi connectivity index (χ2v) is 5.03. The minimum Gasteiger partial charge on any atom is -0.374 e. The van der Waals surface area contributed by atoms with Gasteiger partial charge in [-0.2, -0.15) is 13.2 Å². The van der Waals surface area contributed by atoms with Gasteiger partial charge in [-0.15, -0.1) is 0 Å². The lowest BCUT2D eigenvalue weighted by Crippen LogP contribution is -2.51. The summed E-state index contributed by atoms with van der Waals surface area (Å²) in [6.45, 7) is 5.50. The number of hydrogen-bond acceptors (Lipinski definition) is 2. The van der Waals surface area contributed by atoms with Gasteiger partial charge in [-0.1, -0.05) is 13.8 Å². The first-order valence-corrected chi connectivity index (χ1v) is 7.02. The van der Waals surface area contributed by atoms with Crippen LogP contribution in [0.3, 0.4) is 0 Å². The van der Waals surface area contributed by atoms with Crippen molar-refractivity contribution in [3.8, 4) is 0 Å². The maximum Gasteiger partial charge on any atom is 0.416 e. The van der Waals surface area contributed by atoms with E-state index >= 15 is 0 Å². The van der Waals surface area contributed by atoms with Crippen LogP contribution in [0.1, 0.15) is 32.3 Å². The molecule has 5 heteroatoms. The number of hydrogen-bond donors (Lipinski definition) is 0. The molecule has 2 nitrogen and oxygen atoms in total. The van der Waals surface area contributed by atoms with Crippen LogP contribution in [0.15, 0.2) is 24.3 Å². The first-order valence-electron chi connectivity index (χ1n) is 7.02. The minimum absolute atomic E-state index is 0.149. The highest BCUT2D eigenvalue weighted by Crippen LogP contribution is 2.32. The Morgan fingerprint density at radius 1 is 1.15 bits per heavy atom. The molecular weight excluding hydrogens is 267 g/mol. The molecule has 1 aliphatic rings. The third-order valence-corrected chi connectivity index (χ3v) is 3.84. The summed E-state index contributed by atoms with van der Waals surface area (Å²) in [5.41, 5.74) is 0.237. The standard InChI is InChI=1S/C15H20F3NO/c1-3-13-14(4-2)20-10-9-19(13)12-7-5-11(6-8-12)15(16,17)18/h5-8,13-14H,3-4,9-10H2,1-2H3. The van der Waals surface area contributed by atoms with Gasteiger partial charge in [-0.05, 0) is 37.1 Å². The largest absolute Gasteiger partial charge is 0.416 e. The molecule has 20 heavy (non-hydrogen) atoms. The van der Waals surface area contributed by atoms with Crippen molar-refractivity contribution in [3.63, 3.8) is 0 Å². The predicted octanol–water partition coefficient (Wildman–Crippen LogP) is 4.10. The summed E-state index contributed by atoms with van der Waals surface area (Å²) in [5.74, 6) is 0. The molecule has 1 aromatic rings. The van der Waals surface area contributed by atoms with Crippen LogP contribution in [0.4, 0.5) is 18.9 Å². The first-order chi connectivity index (χ1) is 9.47. The lowest BCUT2D eigenvalue weighted by Gasteiger charge is -2.42. The highest BCUT2D eigenvalue weighted by molar-refractivity contribution is 5.49. The molecule has 1 aromatic carbocycles. The zero-order valence-corrected chi connectivity index (χ0v) is 11.8. The molecule has 1 heterocycles. The molecule has 0 amide bonds. The van der Waals surface area contributed by atoms with E-state index in [4.69, 9.17) is 4.74 Å². The molecule has 112 valence electrons. The SMILES string of the molecule is CCC1OCCN(c2ccc(C(F)(F)F)cc2)C1CC. The fraction of sp³-hybridized carbons (Fsp3) is 0.600. The fourth-order valence-corrected chi connectivity index (χ4v) is 2.82. The molecule has 2 unspecified atom stereocenters. The van der Waals surface area contributed by atoms with Crippen molar-refractivity contribution in [1.82, 2.24) is 0 Å². The molecule has 0 aromatic heterocycles. The summed E-state index contributed by atoms with van der Waals surface area (Å²) >= 11 is 0. The van der Waals surface area contributed by atoms with Gasteiger partial charge in [0, 0.05) is 12.2 Å². The highest BCUT2D eigenvalue weighted by atomic mass is 19.4. The van der Waals surface area contributed by atoms with Crippen molar-refractivity contribution < 1.29 is 17.9 Å². The van der Waals surface area contributed by atoms with Crippen molar-refractivity contribution in [2.45, 2.75) is 45.0 Å². The Bertz CT molecular complexity index is 430. The lowest BCUT2D eigenvalue weighted by atomic mass is 10.0. The molecule has 1 saturated heterocycles. The second kappa shape index (κ2) is 6.04. The number of nitrogens with zero attached hydrogens (tertiary/aromatic N) is 1. The molecule has 1 aliphatic heterocycles. The maximum absolute atomic E-state index is 12.6. The summed E-state index contributed by atoms with van der Waals surface area (Å²) in [4.78, 5) is 2.16. The summed E-state index contributed by atoms with van der Waals surface area (Å²) in [6, 6.07) is 5.65. The van der Waals surface area contributed by atoms with Gasteiger partial charge in [-0.3, -0.25) is 0 Å². The van der Waals surface area contributed by atoms with Crippen molar-refractivity contribution >= 4 is 5.69 Å².